The number of ether oxygens (including phenoxy) is 4. The van der Waals surface area contributed by atoms with Crippen molar-refractivity contribution in [3.05, 3.63) is 12.7 Å². The number of carbonyl (C=O) groups excluding carboxylic acids is 4. The lowest BCUT2D eigenvalue weighted by molar-refractivity contribution is -0.223. The minimum Gasteiger partial charge on any atom is -0.463 e. The Morgan fingerprint density at radius 3 is 2.00 bits per heavy atom. The molecule has 0 spiro atoms. The number of esters is 3. The van der Waals surface area contributed by atoms with Crippen LogP contribution in [0, 0.1) is 0 Å². The second-order valence-corrected chi connectivity index (χ2v) is 5.91. The summed E-state index contributed by atoms with van der Waals surface area (Å²) < 4.78 is 21.5. The van der Waals surface area contributed by atoms with Gasteiger partial charge in [0, 0.05) is 27.7 Å². The molecular weight excluding hydrogens is 346 g/mol. The maximum Gasteiger partial charge on any atom is 0.303 e. The van der Waals surface area contributed by atoms with Gasteiger partial charge < -0.3 is 24.3 Å². The summed E-state index contributed by atoms with van der Waals surface area (Å²) in [6.45, 7) is 8.38. The molecule has 1 aliphatic heterocycles. The zero-order valence-corrected chi connectivity index (χ0v) is 15.4. The van der Waals surface area contributed by atoms with Crippen molar-refractivity contribution in [3.8, 4) is 0 Å². The van der Waals surface area contributed by atoms with Crippen LogP contribution in [0.1, 0.15) is 34.1 Å². The molecule has 1 fully saturated rings. The van der Waals surface area contributed by atoms with Crippen LogP contribution in [0.5, 0.6) is 0 Å². The molecule has 146 valence electrons. The van der Waals surface area contributed by atoms with Crippen LogP contribution in [0.25, 0.3) is 0 Å². The van der Waals surface area contributed by atoms with E-state index in [9.17, 15) is 19.2 Å². The van der Waals surface area contributed by atoms with Crippen molar-refractivity contribution in [2.24, 2.45) is 0 Å². The Bertz CT molecular complexity index is 561. The van der Waals surface area contributed by atoms with E-state index in [1.165, 1.54) is 27.7 Å². The second kappa shape index (κ2) is 9.91. The van der Waals surface area contributed by atoms with E-state index >= 15 is 0 Å². The van der Waals surface area contributed by atoms with Gasteiger partial charge in [0.25, 0.3) is 0 Å². The number of rotatable bonds is 7. The Kier molecular flexibility index (Phi) is 8.24. The fourth-order valence-corrected chi connectivity index (χ4v) is 2.79. The van der Waals surface area contributed by atoms with Crippen LogP contribution in [0.15, 0.2) is 12.7 Å². The molecule has 1 aliphatic rings. The van der Waals surface area contributed by atoms with Crippen molar-refractivity contribution in [3.63, 3.8) is 0 Å². The molecule has 1 heterocycles. The summed E-state index contributed by atoms with van der Waals surface area (Å²) in [5.41, 5.74) is 0. The summed E-state index contributed by atoms with van der Waals surface area (Å²) in [5.74, 6) is -2.16. The van der Waals surface area contributed by atoms with Crippen molar-refractivity contribution >= 4 is 23.8 Å². The number of hydrogen-bond acceptors (Lipinski definition) is 8. The molecule has 1 N–H and O–H groups in total. The quantitative estimate of drug-likeness (QED) is 0.385. The van der Waals surface area contributed by atoms with Crippen LogP contribution in [0.3, 0.4) is 0 Å². The maximum atomic E-state index is 11.6. The summed E-state index contributed by atoms with van der Waals surface area (Å²) in [4.78, 5) is 45.9. The number of carbonyl (C=O) groups is 4. The number of hydrogen-bond donors (Lipinski definition) is 1. The third kappa shape index (κ3) is 6.47. The highest BCUT2D eigenvalue weighted by Gasteiger charge is 2.50. The minimum absolute atomic E-state index is 0.203. The highest BCUT2D eigenvalue weighted by molar-refractivity contribution is 5.73. The summed E-state index contributed by atoms with van der Waals surface area (Å²) in [6, 6.07) is -0.771. The molecule has 1 saturated heterocycles. The van der Waals surface area contributed by atoms with Crippen LogP contribution >= 0.6 is 0 Å². The van der Waals surface area contributed by atoms with Crippen molar-refractivity contribution in [1.82, 2.24) is 5.32 Å². The molecule has 1 rings (SSSR count). The third-order valence-corrected chi connectivity index (χ3v) is 3.62. The topological polar surface area (TPSA) is 117 Å². The van der Waals surface area contributed by atoms with Crippen LogP contribution in [-0.2, 0) is 38.1 Å². The normalized spacial score (nSPS) is 27.8. The molecule has 0 saturated carbocycles. The van der Waals surface area contributed by atoms with Gasteiger partial charge in [0.05, 0.1) is 12.1 Å². The molecular formula is C17H25NO8. The third-order valence-electron chi connectivity index (χ3n) is 3.62. The largest absolute Gasteiger partial charge is 0.463 e. The van der Waals surface area contributed by atoms with Gasteiger partial charge in [0.15, 0.2) is 12.2 Å². The highest BCUT2D eigenvalue weighted by atomic mass is 16.6. The van der Waals surface area contributed by atoms with Crippen LogP contribution in [0.4, 0.5) is 0 Å². The molecule has 0 aromatic carbocycles. The fourth-order valence-electron chi connectivity index (χ4n) is 2.79. The molecule has 1 amide bonds. The van der Waals surface area contributed by atoms with Crippen molar-refractivity contribution in [1.29, 1.82) is 0 Å². The van der Waals surface area contributed by atoms with E-state index < -0.39 is 48.4 Å². The zero-order valence-electron chi connectivity index (χ0n) is 15.4. The van der Waals surface area contributed by atoms with Gasteiger partial charge in [-0.25, -0.2) is 0 Å². The highest BCUT2D eigenvalue weighted by Crippen LogP contribution is 2.28. The average Bonchev–Trinajstić information content (AvgIpc) is 2.50. The molecule has 2 unspecified atom stereocenters. The Balaban J connectivity index is 3.24. The van der Waals surface area contributed by atoms with Gasteiger partial charge >= 0.3 is 17.9 Å². The Morgan fingerprint density at radius 2 is 1.54 bits per heavy atom. The van der Waals surface area contributed by atoms with E-state index in [2.05, 4.69) is 11.9 Å². The van der Waals surface area contributed by atoms with E-state index in [4.69, 9.17) is 18.9 Å². The average molecular weight is 371 g/mol. The van der Waals surface area contributed by atoms with E-state index in [1.807, 2.05) is 0 Å². The molecule has 0 radical (unpaired) electrons. The van der Waals surface area contributed by atoms with Crippen molar-refractivity contribution < 1.29 is 38.1 Å². The second-order valence-electron chi connectivity index (χ2n) is 5.91. The Morgan fingerprint density at radius 1 is 0.962 bits per heavy atom. The SMILES string of the molecule is C=CC[C@@H]1OC(COC(C)=O)[C@H](OC(C)=O)C(OC(C)=O)[C@@H]1NC(C)=O. The van der Waals surface area contributed by atoms with Crippen LogP contribution in [-0.4, -0.2) is 60.9 Å². The lowest BCUT2D eigenvalue weighted by Crippen LogP contribution is -2.66. The van der Waals surface area contributed by atoms with Gasteiger partial charge in [0.1, 0.15) is 12.7 Å². The molecule has 0 aliphatic carbocycles. The van der Waals surface area contributed by atoms with Crippen molar-refractivity contribution in [2.75, 3.05) is 6.61 Å². The van der Waals surface area contributed by atoms with Gasteiger partial charge in [-0.2, -0.15) is 0 Å². The first kappa shape index (κ1) is 21.6. The van der Waals surface area contributed by atoms with Gasteiger partial charge in [-0.1, -0.05) is 6.08 Å². The van der Waals surface area contributed by atoms with Gasteiger partial charge in [-0.05, 0) is 6.42 Å². The Hall–Kier alpha value is -2.42. The Labute approximate surface area is 152 Å². The van der Waals surface area contributed by atoms with Crippen LogP contribution in [0.2, 0.25) is 0 Å². The van der Waals surface area contributed by atoms with Crippen LogP contribution < -0.4 is 5.32 Å². The molecule has 0 bridgehead atoms. The smallest absolute Gasteiger partial charge is 0.303 e. The van der Waals surface area contributed by atoms with Gasteiger partial charge in [-0.15, -0.1) is 6.58 Å². The molecule has 26 heavy (non-hydrogen) atoms. The molecule has 9 heteroatoms. The van der Waals surface area contributed by atoms with E-state index in [-0.39, 0.29) is 12.5 Å². The monoisotopic (exact) mass is 371 g/mol. The molecule has 9 nitrogen and oxygen atoms in total. The zero-order chi connectivity index (χ0) is 19.9. The number of amides is 1. The van der Waals surface area contributed by atoms with E-state index in [0.29, 0.717) is 6.42 Å². The molecule has 5 atom stereocenters. The summed E-state index contributed by atoms with van der Waals surface area (Å²) in [5, 5.41) is 2.67. The lowest BCUT2D eigenvalue weighted by atomic mass is 9.90. The molecule has 0 aromatic rings. The first-order valence-electron chi connectivity index (χ1n) is 8.17. The first-order valence-corrected chi connectivity index (χ1v) is 8.17. The lowest BCUT2D eigenvalue weighted by Gasteiger charge is -2.45. The fraction of sp³-hybridized carbons (Fsp3) is 0.647. The van der Waals surface area contributed by atoms with E-state index in [0.717, 1.165) is 0 Å². The standard InChI is InChI=1S/C17H25NO8/c1-6-7-13-15(18-9(2)19)17(25-12(5)22)16(24-11(4)21)14(26-13)8-23-10(3)20/h6,13-17H,1,7-8H2,2-5H3,(H,18,19)/t13-,14?,15+,16-,17?/m0/s1. The van der Waals surface area contributed by atoms with E-state index in [1.54, 1.807) is 6.08 Å². The predicted octanol–water partition coefficient (Wildman–Crippen LogP) is 0.261. The minimum atomic E-state index is -1.06. The summed E-state index contributed by atoms with van der Waals surface area (Å²) in [6.07, 6.45) is -1.66. The summed E-state index contributed by atoms with van der Waals surface area (Å²) in [7, 11) is 0. The molecule has 0 aromatic heterocycles. The van der Waals surface area contributed by atoms with Gasteiger partial charge in [0.2, 0.25) is 5.91 Å². The number of nitrogens with one attached hydrogen (secondary N) is 1. The predicted molar refractivity (Wildman–Crippen MR) is 88.8 cm³/mol. The first-order chi connectivity index (χ1) is 12.1. The van der Waals surface area contributed by atoms with Crippen molar-refractivity contribution in [2.45, 2.75) is 64.6 Å². The summed E-state index contributed by atoms with van der Waals surface area (Å²) >= 11 is 0. The van der Waals surface area contributed by atoms with Gasteiger partial charge in [-0.3, -0.25) is 19.2 Å². The maximum absolute atomic E-state index is 11.6.